The molecule has 0 radical (unpaired) electrons. The molecule has 2 amide bonds. The normalized spacial score (nSPS) is 11.3. The third kappa shape index (κ3) is 3.18. The van der Waals surface area contributed by atoms with Crippen LogP contribution in [-0.4, -0.2) is 6.03 Å². The van der Waals surface area contributed by atoms with Crippen molar-refractivity contribution >= 4 is 22.5 Å². The predicted molar refractivity (Wildman–Crippen MR) is 88.0 cm³/mol. The van der Waals surface area contributed by atoms with E-state index in [9.17, 15) is 27.6 Å². The van der Waals surface area contributed by atoms with E-state index in [2.05, 4.69) is 5.10 Å². The number of hydrogen-bond donors (Lipinski definition) is 2. The Morgan fingerprint density at radius 1 is 0.885 bits per heavy atom. The Kier molecular flexibility index (Phi) is 4.29. The van der Waals surface area contributed by atoms with Crippen molar-refractivity contribution in [3.05, 3.63) is 79.9 Å². The summed E-state index contributed by atoms with van der Waals surface area (Å²) in [7, 11) is 0. The number of urea groups is 1. The minimum Gasteiger partial charge on any atom is -0.306 e. The molecule has 6 nitrogen and oxygen atoms in total. The van der Waals surface area contributed by atoms with Gasteiger partial charge in [-0.2, -0.15) is 18.3 Å². The fourth-order valence-corrected chi connectivity index (χ4v) is 2.44. The van der Waals surface area contributed by atoms with Crippen LogP contribution in [0.15, 0.2) is 63.2 Å². The molecule has 0 spiro atoms. The Morgan fingerprint density at radius 2 is 1.42 bits per heavy atom. The second-order valence-electron chi connectivity index (χ2n) is 5.27. The summed E-state index contributed by atoms with van der Waals surface area (Å²) in [6.07, 6.45) is -4.66. The predicted octanol–water partition coefficient (Wildman–Crippen LogP) is 2.09. The quantitative estimate of drug-likeness (QED) is 0.685. The molecular formula is C17H10F3N3O3. The number of halogens is 3. The number of benzene rings is 2. The van der Waals surface area contributed by atoms with Gasteiger partial charge in [0.1, 0.15) is 0 Å². The number of carbonyl (C=O) groups excluding carboxylic acids is 1. The summed E-state index contributed by atoms with van der Waals surface area (Å²) in [5.41, 5.74) is -0.974. The van der Waals surface area contributed by atoms with Crippen molar-refractivity contribution in [2.24, 2.45) is 5.10 Å². The van der Waals surface area contributed by atoms with Crippen LogP contribution in [0.3, 0.4) is 0 Å². The summed E-state index contributed by atoms with van der Waals surface area (Å²) in [6, 6.07) is 9.28. The van der Waals surface area contributed by atoms with Crippen molar-refractivity contribution in [1.82, 2.24) is 5.43 Å². The van der Waals surface area contributed by atoms with Gasteiger partial charge in [0.05, 0.1) is 11.3 Å². The zero-order chi connectivity index (χ0) is 18.9. The molecule has 3 aromatic rings. The van der Waals surface area contributed by atoms with Crippen molar-refractivity contribution in [3.63, 3.8) is 0 Å². The Bertz CT molecular complexity index is 1100. The van der Waals surface area contributed by atoms with E-state index in [1.165, 1.54) is 24.3 Å². The number of fused-ring (bicyclic) bond motifs is 1. The van der Waals surface area contributed by atoms with Gasteiger partial charge in [-0.15, -0.1) is 0 Å². The maximum absolute atomic E-state index is 12.9. The van der Waals surface area contributed by atoms with Gasteiger partial charge in [-0.1, -0.05) is 36.4 Å². The van der Waals surface area contributed by atoms with Crippen molar-refractivity contribution < 1.29 is 18.0 Å². The van der Waals surface area contributed by atoms with Gasteiger partial charge in [0.2, 0.25) is 10.9 Å². The number of anilines is 1. The number of nitrogens with one attached hydrogen (secondary N) is 2. The third-order valence-corrected chi connectivity index (χ3v) is 3.60. The number of rotatable bonds is 2. The number of carbonyl (C=O) groups is 1. The van der Waals surface area contributed by atoms with Gasteiger partial charge in [-0.3, -0.25) is 9.59 Å². The molecule has 0 fully saturated rings. The molecule has 0 aliphatic heterocycles. The second-order valence-corrected chi connectivity index (χ2v) is 5.27. The SMILES string of the molecule is O=C(NN=c1c(=O)c2ccccc2c1=O)Nc1ccccc1C(F)(F)F. The molecule has 2 N–H and O–H groups in total. The molecule has 0 atom stereocenters. The van der Waals surface area contributed by atoms with Crippen LogP contribution in [0, 0.1) is 0 Å². The lowest BCUT2D eigenvalue weighted by Crippen LogP contribution is -2.37. The topological polar surface area (TPSA) is 87.6 Å². The number of nitrogens with zero attached hydrogens (tertiary/aromatic N) is 1. The summed E-state index contributed by atoms with van der Waals surface area (Å²) in [6.45, 7) is 0. The number of alkyl halides is 3. The molecule has 0 saturated carbocycles. The summed E-state index contributed by atoms with van der Waals surface area (Å²) in [4.78, 5) is 36.0. The molecule has 0 aliphatic rings. The van der Waals surface area contributed by atoms with Crippen molar-refractivity contribution in [2.45, 2.75) is 6.18 Å². The largest absolute Gasteiger partial charge is 0.418 e. The van der Waals surface area contributed by atoms with Gasteiger partial charge in [0.25, 0.3) is 0 Å². The van der Waals surface area contributed by atoms with Crippen LogP contribution in [0.5, 0.6) is 0 Å². The zero-order valence-corrected chi connectivity index (χ0v) is 12.9. The van der Waals surface area contributed by atoms with E-state index in [1.54, 1.807) is 12.1 Å². The molecule has 0 bridgehead atoms. The molecule has 0 saturated heterocycles. The van der Waals surface area contributed by atoms with E-state index in [1.807, 2.05) is 10.7 Å². The third-order valence-electron chi connectivity index (χ3n) is 3.60. The summed E-state index contributed by atoms with van der Waals surface area (Å²) in [5.74, 6) is 0. The van der Waals surface area contributed by atoms with E-state index in [0.29, 0.717) is 0 Å². The van der Waals surface area contributed by atoms with Gasteiger partial charge in [-0.05, 0) is 12.1 Å². The fraction of sp³-hybridized carbons (Fsp3) is 0.0588. The molecule has 132 valence electrons. The molecular weight excluding hydrogens is 351 g/mol. The lowest BCUT2D eigenvalue weighted by Gasteiger charge is -2.12. The Labute approximate surface area is 143 Å². The van der Waals surface area contributed by atoms with E-state index >= 15 is 0 Å². The molecule has 0 aromatic heterocycles. The van der Waals surface area contributed by atoms with Crippen LogP contribution in [0.4, 0.5) is 23.7 Å². The highest BCUT2D eigenvalue weighted by Crippen LogP contribution is 2.34. The monoisotopic (exact) mass is 361 g/mol. The van der Waals surface area contributed by atoms with Crippen LogP contribution < -0.4 is 27.0 Å². The zero-order valence-electron chi connectivity index (χ0n) is 12.9. The smallest absolute Gasteiger partial charge is 0.306 e. The molecule has 9 heteroatoms. The standard InChI is InChI=1S/C17H10F3N3O3/c18-17(19,20)11-7-3-4-8-12(11)21-16(26)23-22-13-14(24)9-5-1-2-6-10(9)15(13)25/h1-8H,(H2,21,23,26). The average Bonchev–Trinajstić information content (AvgIpc) is 2.84. The Balaban J connectivity index is 1.88. The first-order valence-corrected chi connectivity index (χ1v) is 7.28. The average molecular weight is 361 g/mol. The molecule has 26 heavy (non-hydrogen) atoms. The maximum Gasteiger partial charge on any atom is 0.418 e. The fourth-order valence-electron chi connectivity index (χ4n) is 2.44. The molecule has 3 aromatic carbocycles. The number of hydrogen-bond acceptors (Lipinski definition) is 4. The van der Waals surface area contributed by atoms with E-state index < -0.39 is 39.7 Å². The minimum atomic E-state index is -4.66. The first kappa shape index (κ1) is 17.3. The van der Waals surface area contributed by atoms with Crippen molar-refractivity contribution in [3.8, 4) is 0 Å². The van der Waals surface area contributed by atoms with Gasteiger partial charge in [-0.25, -0.2) is 10.2 Å². The van der Waals surface area contributed by atoms with E-state index in [0.717, 1.165) is 12.1 Å². The molecule has 0 heterocycles. The first-order valence-electron chi connectivity index (χ1n) is 7.28. The van der Waals surface area contributed by atoms with Crippen LogP contribution in [0.2, 0.25) is 0 Å². The van der Waals surface area contributed by atoms with Gasteiger partial charge < -0.3 is 5.32 Å². The highest BCUT2D eigenvalue weighted by Gasteiger charge is 2.33. The van der Waals surface area contributed by atoms with Crippen LogP contribution in [0.25, 0.3) is 10.8 Å². The number of amides is 2. The van der Waals surface area contributed by atoms with Crippen LogP contribution in [0.1, 0.15) is 5.56 Å². The molecule has 0 unspecified atom stereocenters. The van der Waals surface area contributed by atoms with Crippen LogP contribution in [-0.2, 0) is 6.18 Å². The minimum absolute atomic E-state index is 0.154. The summed E-state index contributed by atoms with van der Waals surface area (Å²) < 4.78 is 38.7. The van der Waals surface area contributed by atoms with Gasteiger partial charge >= 0.3 is 12.2 Å². The number of para-hydroxylation sites is 1. The summed E-state index contributed by atoms with van der Waals surface area (Å²) >= 11 is 0. The molecule has 0 aliphatic carbocycles. The van der Waals surface area contributed by atoms with E-state index in [-0.39, 0.29) is 10.8 Å². The second kappa shape index (κ2) is 6.43. The lowest BCUT2D eigenvalue weighted by molar-refractivity contribution is -0.136. The Morgan fingerprint density at radius 3 is 2.00 bits per heavy atom. The highest BCUT2D eigenvalue weighted by atomic mass is 19.4. The van der Waals surface area contributed by atoms with Crippen molar-refractivity contribution in [1.29, 1.82) is 0 Å². The lowest BCUT2D eigenvalue weighted by atomic mass is 10.1. The summed E-state index contributed by atoms with van der Waals surface area (Å²) in [5, 5.41) is 5.25. The van der Waals surface area contributed by atoms with Crippen molar-refractivity contribution in [2.75, 3.05) is 5.32 Å². The van der Waals surface area contributed by atoms with E-state index in [4.69, 9.17) is 0 Å². The maximum atomic E-state index is 12.9. The van der Waals surface area contributed by atoms with Gasteiger partial charge in [0, 0.05) is 10.8 Å². The Hall–Kier alpha value is -3.49. The highest BCUT2D eigenvalue weighted by molar-refractivity contribution is 5.90. The molecule has 3 rings (SSSR count). The van der Waals surface area contributed by atoms with Gasteiger partial charge in [0.15, 0.2) is 5.36 Å². The van der Waals surface area contributed by atoms with Crippen LogP contribution >= 0.6 is 0 Å². The first-order chi connectivity index (χ1) is 12.3.